The quantitative estimate of drug-likeness (QED) is 0.0885. The van der Waals surface area contributed by atoms with Crippen molar-refractivity contribution >= 4 is 74.9 Å². The second-order valence-corrected chi connectivity index (χ2v) is 15.3. The van der Waals surface area contributed by atoms with Crippen LogP contribution in [0, 0.1) is 0 Å². The number of cyclic esters (lactones) is 1. The number of rotatable bonds is 8. The van der Waals surface area contributed by atoms with E-state index in [-0.39, 0.29) is 25.7 Å². The normalized spacial score (nSPS) is 17.7. The van der Waals surface area contributed by atoms with Crippen molar-refractivity contribution in [3.8, 4) is 11.5 Å². The molecular weight excluding hydrogens is 762 g/mol. The second-order valence-electron chi connectivity index (χ2n) is 13.8. The minimum atomic E-state index is -1.61. The minimum absolute atomic E-state index is 0.0148. The van der Waals surface area contributed by atoms with E-state index in [0.717, 1.165) is 59.3 Å². The van der Waals surface area contributed by atoms with E-state index in [1.54, 1.807) is 14.2 Å². The van der Waals surface area contributed by atoms with Crippen molar-refractivity contribution in [2.75, 3.05) is 51.2 Å². The Hall–Kier alpha value is -4.59. The average molecular weight is 799 g/mol. The smallest absolute Gasteiger partial charge is 0.341 e. The van der Waals surface area contributed by atoms with Gasteiger partial charge in [-0.05, 0) is 118 Å². The van der Waals surface area contributed by atoms with Gasteiger partial charge in [0.2, 0.25) is 0 Å². The monoisotopic (exact) mass is 796 g/mol. The first-order valence-electron chi connectivity index (χ1n) is 17.5. The SMILES string of the molecule is COc1ccc(C(=CC2(C=C(c3ccc(OC)cc3)c3ccc4c(c3)CCN4C)OC(=O)c3c(Cl)c(Cl)c(Cl)c(Cl)c32)c2ccc3c(c2)CCN3C)cc1. The predicted octanol–water partition coefficient (Wildman–Crippen LogP) is 10.9. The standard InChI is InChI=1S/C44H36Cl4N2O4/c1-49-19-17-29-21-27(9-15-35(29)49)33(25-5-11-31(52-3)12-6-25)23-44(38-37(43(51)54-44)39(45)41(47)42(48)40(38)46)24-34(26-7-13-32(53-4)14-8-26)28-10-16-36-30(22-28)18-20-50(36)2/h5-16,21-24H,17-20H2,1-4H3. The Bertz CT molecular complexity index is 2270. The van der Waals surface area contributed by atoms with Gasteiger partial charge in [-0.2, -0.15) is 0 Å². The van der Waals surface area contributed by atoms with Gasteiger partial charge in [-0.25, -0.2) is 4.79 Å². The Morgan fingerprint density at radius 3 is 1.50 bits per heavy atom. The Labute approximate surface area is 335 Å². The molecule has 3 aliphatic rings. The van der Waals surface area contributed by atoms with E-state index in [0.29, 0.717) is 17.1 Å². The number of hydrogen-bond acceptors (Lipinski definition) is 6. The molecule has 0 bridgehead atoms. The lowest BCUT2D eigenvalue weighted by Crippen LogP contribution is -2.23. The zero-order valence-corrected chi connectivity index (χ0v) is 33.1. The number of carbonyl (C=O) groups is 1. The summed E-state index contributed by atoms with van der Waals surface area (Å²) in [6.45, 7) is 1.85. The largest absolute Gasteiger partial charge is 0.497 e. The van der Waals surface area contributed by atoms with E-state index in [4.69, 9.17) is 60.6 Å². The van der Waals surface area contributed by atoms with E-state index < -0.39 is 11.6 Å². The zero-order valence-electron chi connectivity index (χ0n) is 30.1. The number of esters is 1. The summed E-state index contributed by atoms with van der Waals surface area (Å²) in [5, 5.41) is 0.0744. The van der Waals surface area contributed by atoms with Crippen molar-refractivity contribution < 1.29 is 19.0 Å². The molecule has 0 fully saturated rings. The number of halogens is 4. The summed E-state index contributed by atoms with van der Waals surface area (Å²) in [5.74, 6) is 0.750. The molecule has 8 rings (SSSR count). The fourth-order valence-corrected chi connectivity index (χ4v) is 8.87. The summed E-state index contributed by atoms with van der Waals surface area (Å²) < 4.78 is 17.7. The number of hydrogen-bond donors (Lipinski definition) is 0. The number of likely N-dealkylation sites (N-methyl/N-ethyl adjacent to an activating group) is 2. The van der Waals surface area contributed by atoms with Gasteiger partial charge in [-0.15, -0.1) is 0 Å². The molecule has 0 unspecified atom stereocenters. The van der Waals surface area contributed by atoms with Crippen molar-refractivity contribution in [3.05, 3.63) is 162 Å². The molecule has 0 atom stereocenters. The number of fused-ring (bicyclic) bond motifs is 3. The highest BCUT2D eigenvalue weighted by Crippen LogP contribution is 2.54. The number of carbonyl (C=O) groups excluding carboxylic acids is 1. The number of ether oxygens (including phenoxy) is 3. The van der Waals surface area contributed by atoms with Gasteiger partial charge in [0, 0.05) is 44.1 Å². The third-order valence-electron chi connectivity index (χ3n) is 10.7. The lowest BCUT2D eigenvalue weighted by atomic mass is 9.82. The zero-order chi connectivity index (χ0) is 37.9. The first kappa shape index (κ1) is 36.4. The van der Waals surface area contributed by atoms with E-state index in [1.807, 2.05) is 60.7 Å². The molecule has 0 radical (unpaired) electrons. The first-order chi connectivity index (χ1) is 26.0. The van der Waals surface area contributed by atoms with E-state index >= 15 is 0 Å². The summed E-state index contributed by atoms with van der Waals surface area (Å²) >= 11 is 27.4. The van der Waals surface area contributed by atoms with Gasteiger partial charge in [-0.1, -0.05) is 82.8 Å². The predicted molar refractivity (Wildman–Crippen MR) is 221 cm³/mol. The van der Waals surface area contributed by atoms with Gasteiger partial charge in [-0.3, -0.25) is 0 Å². The topological polar surface area (TPSA) is 51.2 Å². The third kappa shape index (κ3) is 6.19. The van der Waals surface area contributed by atoms with Crippen molar-refractivity contribution in [2.24, 2.45) is 0 Å². The highest BCUT2D eigenvalue weighted by Gasteiger charge is 2.48. The van der Waals surface area contributed by atoms with E-state index in [1.165, 1.54) is 22.5 Å². The summed E-state index contributed by atoms with van der Waals surface area (Å²) in [7, 11) is 7.46. The Balaban J connectivity index is 1.47. The van der Waals surface area contributed by atoms with Gasteiger partial charge in [0.05, 0.1) is 39.9 Å². The molecule has 0 saturated carbocycles. The van der Waals surface area contributed by atoms with Crippen LogP contribution < -0.4 is 19.3 Å². The minimum Gasteiger partial charge on any atom is -0.497 e. The fourth-order valence-electron chi connectivity index (χ4n) is 7.80. The van der Waals surface area contributed by atoms with Gasteiger partial charge >= 0.3 is 5.97 Å². The van der Waals surface area contributed by atoms with Crippen LogP contribution in [0.3, 0.4) is 0 Å². The first-order valence-corrected chi connectivity index (χ1v) is 19.1. The molecule has 0 N–H and O–H groups in total. The van der Waals surface area contributed by atoms with Crippen molar-refractivity contribution in [3.63, 3.8) is 0 Å². The van der Waals surface area contributed by atoms with E-state index in [2.05, 4.69) is 60.3 Å². The number of methoxy groups -OCH3 is 2. The van der Waals surface area contributed by atoms with Crippen LogP contribution in [0.4, 0.5) is 11.4 Å². The Morgan fingerprint density at radius 2 is 1.06 bits per heavy atom. The summed E-state index contributed by atoms with van der Waals surface area (Å²) in [6, 6.07) is 28.5. The molecule has 5 aromatic rings. The molecule has 3 heterocycles. The highest BCUT2D eigenvalue weighted by molar-refractivity contribution is 6.53. The lowest BCUT2D eigenvalue weighted by Gasteiger charge is -2.27. The molecule has 0 aromatic heterocycles. The fraction of sp³-hybridized carbons (Fsp3) is 0.205. The third-order valence-corrected chi connectivity index (χ3v) is 12.5. The maximum Gasteiger partial charge on any atom is 0.341 e. The average Bonchev–Trinajstić information content (AvgIpc) is 3.85. The number of benzene rings is 5. The van der Waals surface area contributed by atoms with Crippen molar-refractivity contribution in [1.29, 1.82) is 0 Å². The number of nitrogens with zero attached hydrogens (tertiary/aromatic N) is 2. The number of anilines is 2. The molecule has 54 heavy (non-hydrogen) atoms. The molecule has 10 heteroatoms. The van der Waals surface area contributed by atoms with Gasteiger partial charge in [0.1, 0.15) is 11.5 Å². The lowest BCUT2D eigenvalue weighted by molar-refractivity contribution is 0.0300. The highest BCUT2D eigenvalue weighted by atomic mass is 35.5. The molecule has 0 aliphatic carbocycles. The van der Waals surface area contributed by atoms with Crippen LogP contribution >= 0.6 is 46.4 Å². The molecular formula is C44H36Cl4N2O4. The van der Waals surface area contributed by atoms with Crippen LogP contribution in [-0.4, -0.2) is 47.4 Å². The second kappa shape index (κ2) is 14.2. The van der Waals surface area contributed by atoms with Crippen LogP contribution in [0.1, 0.15) is 49.3 Å². The van der Waals surface area contributed by atoms with E-state index in [9.17, 15) is 4.79 Å². The molecule has 274 valence electrons. The van der Waals surface area contributed by atoms with Gasteiger partial charge in [0.15, 0.2) is 5.60 Å². The van der Waals surface area contributed by atoms with Crippen LogP contribution in [0.25, 0.3) is 11.1 Å². The van der Waals surface area contributed by atoms with Gasteiger partial charge in [0.25, 0.3) is 0 Å². The van der Waals surface area contributed by atoms with Crippen LogP contribution in [-0.2, 0) is 23.2 Å². The Morgan fingerprint density at radius 1 is 0.630 bits per heavy atom. The maximum atomic E-state index is 14.2. The summed E-state index contributed by atoms with van der Waals surface area (Å²) in [5.41, 5.74) is 8.77. The van der Waals surface area contributed by atoms with Crippen LogP contribution in [0.2, 0.25) is 20.1 Å². The van der Waals surface area contributed by atoms with Crippen molar-refractivity contribution in [2.45, 2.75) is 18.4 Å². The molecule has 0 amide bonds. The molecule has 0 saturated heterocycles. The van der Waals surface area contributed by atoms with Crippen LogP contribution in [0.15, 0.2) is 97.1 Å². The van der Waals surface area contributed by atoms with Crippen molar-refractivity contribution in [1.82, 2.24) is 0 Å². The summed E-state index contributed by atoms with van der Waals surface area (Å²) in [4.78, 5) is 18.7. The molecule has 0 spiro atoms. The van der Waals surface area contributed by atoms with Gasteiger partial charge < -0.3 is 24.0 Å². The van der Waals surface area contributed by atoms with Crippen LogP contribution in [0.5, 0.6) is 11.5 Å². The summed E-state index contributed by atoms with van der Waals surface area (Å²) in [6.07, 6.45) is 5.72. The molecule has 3 aliphatic heterocycles. The molecule has 6 nitrogen and oxygen atoms in total. The Kier molecular flexibility index (Phi) is 9.60. The molecule has 5 aromatic carbocycles. The maximum absolute atomic E-state index is 14.2.